The number of hydrogen-bond donors (Lipinski definition) is 2. The Morgan fingerprint density at radius 2 is 2.16 bits per heavy atom. The number of aromatic nitrogens is 4. The van der Waals surface area contributed by atoms with Gasteiger partial charge in [-0.25, -0.2) is 0 Å². The second-order valence-electron chi connectivity index (χ2n) is 5.94. The largest absolute Gasteiger partial charge is 0.497 e. The second kappa shape index (κ2) is 6.80. The first-order valence-electron chi connectivity index (χ1n) is 7.98. The minimum Gasteiger partial charge on any atom is -0.497 e. The molecule has 0 spiro atoms. The van der Waals surface area contributed by atoms with Gasteiger partial charge in [0, 0.05) is 24.4 Å². The number of hydrogen-bond acceptors (Lipinski definition) is 4. The fourth-order valence-electron chi connectivity index (χ4n) is 2.76. The normalized spacial score (nSPS) is 12.0. The molecule has 0 aliphatic carbocycles. The van der Waals surface area contributed by atoms with Crippen LogP contribution in [0, 0.1) is 6.92 Å². The number of aryl methyl sites for hydroxylation is 2. The molecule has 2 heterocycles. The van der Waals surface area contributed by atoms with Crippen LogP contribution in [0.15, 0.2) is 36.5 Å². The molecule has 1 unspecified atom stereocenters. The van der Waals surface area contributed by atoms with Crippen LogP contribution in [0.4, 0.5) is 0 Å². The number of rotatable bonds is 5. The molecule has 0 aliphatic heterocycles. The third-order valence-electron chi connectivity index (χ3n) is 4.05. The number of ether oxygens (including phenoxy) is 1. The SMILES string of the molecule is COc1cccc(-c2cc(C(=O)NC(C)c3cn(C)nc3C)[nH]n2)c1. The van der Waals surface area contributed by atoms with Crippen LogP contribution in [0.5, 0.6) is 5.75 Å². The van der Waals surface area contributed by atoms with Crippen molar-refractivity contribution in [3.8, 4) is 17.0 Å². The van der Waals surface area contributed by atoms with Crippen molar-refractivity contribution in [2.24, 2.45) is 7.05 Å². The van der Waals surface area contributed by atoms with Crippen molar-refractivity contribution in [1.82, 2.24) is 25.3 Å². The molecular formula is C18H21N5O2. The van der Waals surface area contributed by atoms with E-state index in [9.17, 15) is 4.79 Å². The van der Waals surface area contributed by atoms with Gasteiger partial charge in [-0.1, -0.05) is 12.1 Å². The summed E-state index contributed by atoms with van der Waals surface area (Å²) in [5.41, 5.74) is 3.87. The van der Waals surface area contributed by atoms with Crippen molar-refractivity contribution in [3.63, 3.8) is 0 Å². The van der Waals surface area contributed by atoms with Crippen molar-refractivity contribution >= 4 is 5.91 Å². The summed E-state index contributed by atoms with van der Waals surface area (Å²) in [6, 6.07) is 9.12. The topological polar surface area (TPSA) is 84.8 Å². The lowest BCUT2D eigenvalue weighted by Crippen LogP contribution is -2.27. The number of amides is 1. The zero-order chi connectivity index (χ0) is 18.0. The highest BCUT2D eigenvalue weighted by molar-refractivity contribution is 5.93. The molecule has 130 valence electrons. The minimum absolute atomic E-state index is 0.148. The van der Waals surface area contributed by atoms with Gasteiger partial charge in [0.2, 0.25) is 0 Å². The van der Waals surface area contributed by atoms with E-state index in [0.29, 0.717) is 11.4 Å². The smallest absolute Gasteiger partial charge is 0.269 e. The molecule has 0 aliphatic rings. The quantitative estimate of drug-likeness (QED) is 0.748. The summed E-state index contributed by atoms with van der Waals surface area (Å²) >= 11 is 0. The molecule has 0 bridgehead atoms. The van der Waals surface area contributed by atoms with E-state index >= 15 is 0 Å². The van der Waals surface area contributed by atoms with E-state index < -0.39 is 0 Å². The number of H-pyrrole nitrogens is 1. The average molecular weight is 339 g/mol. The lowest BCUT2D eigenvalue weighted by atomic mass is 10.1. The summed E-state index contributed by atoms with van der Waals surface area (Å²) in [5, 5.41) is 14.3. The average Bonchev–Trinajstić information content (AvgIpc) is 3.21. The van der Waals surface area contributed by atoms with Gasteiger partial charge in [-0.3, -0.25) is 14.6 Å². The van der Waals surface area contributed by atoms with Gasteiger partial charge in [0.15, 0.2) is 0 Å². The van der Waals surface area contributed by atoms with Gasteiger partial charge in [-0.15, -0.1) is 0 Å². The first-order chi connectivity index (χ1) is 12.0. The van der Waals surface area contributed by atoms with Crippen LogP contribution in [-0.4, -0.2) is 33.0 Å². The Bertz CT molecular complexity index is 897. The highest BCUT2D eigenvalue weighted by Gasteiger charge is 2.17. The van der Waals surface area contributed by atoms with Crippen LogP contribution >= 0.6 is 0 Å². The lowest BCUT2D eigenvalue weighted by Gasteiger charge is -2.12. The van der Waals surface area contributed by atoms with Crippen molar-refractivity contribution in [2.75, 3.05) is 7.11 Å². The molecule has 2 aromatic heterocycles. The monoisotopic (exact) mass is 339 g/mol. The van der Waals surface area contributed by atoms with E-state index in [-0.39, 0.29) is 11.9 Å². The number of nitrogens with zero attached hydrogens (tertiary/aromatic N) is 3. The predicted octanol–water partition coefficient (Wildman–Crippen LogP) is 2.62. The molecule has 1 atom stereocenters. The molecule has 3 aromatic rings. The van der Waals surface area contributed by atoms with Crippen LogP contribution in [0.1, 0.15) is 34.7 Å². The fourth-order valence-corrected chi connectivity index (χ4v) is 2.76. The molecule has 0 fully saturated rings. The molecule has 3 rings (SSSR count). The highest BCUT2D eigenvalue weighted by Crippen LogP contribution is 2.23. The first kappa shape index (κ1) is 16.8. The van der Waals surface area contributed by atoms with Gasteiger partial charge < -0.3 is 10.1 Å². The van der Waals surface area contributed by atoms with Crippen molar-refractivity contribution in [2.45, 2.75) is 19.9 Å². The molecule has 0 saturated heterocycles. The van der Waals surface area contributed by atoms with Gasteiger partial charge in [0.25, 0.3) is 5.91 Å². The zero-order valence-electron chi connectivity index (χ0n) is 14.7. The summed E-state index contributed by atoms with van der Waals surface area (Å²) in [7, 11) is 3.48. The maximum absolute atomic E-state index is 12.5. The Balaban J connectivity index is 1.75. The lowest BCUT2D eigenvalue weighted by molar-refractivity contribution is 0.0934. The molecule has 1 amide bonds. The van der Waals surface area contributed by atoms with Gasteiger partial charge >= 0.3 is 0 Å². The standard InChI is InChI=1S/C18H21N5O2/c1-11(15-10-23(3)22-12(15)2)19-18(24)17-9-16(20-21-17)13-6-5-7-14(8-13)25-4/h5-11H,1-4H3,(H,19,24)(H,20,21). The number of carbonyl (C=O) groups is 1. The Labute approximate surface area is 146 Å². The molecular weight excluding hydrogens is 318 g/mol. The molecule has 0 radical (unpaired) electrons. The Morgan fingerprint density at radius 3 is 2.84 bits per heavy atom. The Hall–Kier alpha value is -3.09. The highest BCUT2D eigenvalue weighted by atomic mass is 16.5. The van der Waals surface area contributed by atoms with Gasteiger partial charge in [-0.2, -0.15) is 10.2 Å². The van der Waals surface area contributed by atoms with Crippen molar-refractivity contribution in [1.29, 1.82) is 0 Å². The number of nitrogens with one attached hydrogen (secondary N) is 2. The van der Waals surface area contributed by atoms with E-state index in [2.05, 4.69) is 20.6 Å². The summed E-state index contributed by atoms with van der Waals surface area (Å²) in [6.45, 7) is 3.86. The third kappa shape index (κ3) is 3.55. The Kier molecular flexibility index (Phi) is 4.56. The van der Waals surface area contributed by atoms with Crippen LogP contribution in [-0.2, 0) is 7.05 Å². The van der Waals surface area contributed by atoms with E-state index in [0.717, 1.165) is 22.6 Å². The summed E-state index contributed by atoms with van der Waals surface area (Å²) in [5.74, 6) is 0.532. The maximum atomic E-state index is 12.5. The molecule has 2 N–H and O–H groups in total. The zero-order valence-corrected chi connectivity index (χ0v) is 14.7. The second-order valence-corrected chi connectivity index (χ2v) is 5.94. The van der Waals surface area contributed by atoms with Crippen molar-refractivity contribution < 1.29 is 9.53 Å². The van der Waals surface area contributed by atoms with Crippen LogP contribution in [0.3, 0.4) is 0 Å². The van der Waals surface area contributed by atoms with Crippen LogP contribution < -0.4 is 10.1 Å². The number of benzene rings is 1. The van der Waals surface area contributed by atoms with Crippen molar-refractivity contribution in [3.05, 3.63) is 53.5 Å². The summed E-state index contributed by atoms with van der Waals surface area (Å²) < 4.78 is 6.96. The third-order valence-corrected chi connectivity index (χ3v) is 4.05. The number of aromatic amines is 1. The molecule has 0 saturated carbocycles. The first-order valence-corrected chi connectivity index (χ1v) is 7.98. The summed E-state index contributed by atoms with van der Waals surface area (Å²) in [4.78, 5) is 12.5. The molecule has 1 aromatic carbocycles. The minimum atomic E-state index is -0.211. The Morgan fingerprint density at radius 1 is 1.36 bits per heavy atom. The summed E-state index contributed by atoms with van der Waals surface area (Å²) in [6.07, 6.45) is 1.91. The molecule has 25 heavy (non-hydrogen) atoms. The number of carbonyl (C=O) groups excluding carboxylic acids is 1. The van der Waals surface area contributed by atoms with Gasteiger partial charge in [0.05, 0.1) is 24.5 Å². The van der Waals surface area contributed by atoms with Gasteiger partial charge in [0.1, 0.15) is 11.4 Å². The molecule has 7 nitrogen and oxygen atoms in total. The van der Waals surface area contributed by atoms with E-state index in [1.54, 1.807) is 17.9 Å². The van der Waals surface area contributed by atoms with E-state index in [4.69, 9.17) is 4.74 Å². The maximum Gasteiger partial charge on any atom is 0.269 e. The van der Waals surface area contributed by atoms with E-state index in [1.807, 2.05) is 51.4 Å². The van der Waals surface area contributed by atoms with E-state index in [1.165, 1.54) is 0 Å². The van der Waals surface area contributed by atoms with Crippen LogP contribution in [0.25, 0.3) is 11.3 Å². The van der Waals surface area contributed by atoms with Crippen LogP contribution in [0.2, 0.25) is 0 Å². The fraction of sp³-hybridized carbons (Fsp3) is 0.278. The number of methoxy groups -OCH3 is 1. The van der Waals surface area contributed by atoms with Gasteiger partial charge in [-0.05, 0) is 32.0 Å². The molecule has 7 heteroatoms. The predicted molar refractivity (Wildman–Crippen MR) is 94.4 cm³/mol.